The predicted molar refractivity (Wildman–Crippen MR) is 76.5 cm³/mol. The molecule has 5 heteroatoms. The molecule has 0 aliphatic carbocycles. The van der Waals surface area contributed by atoms with Gasteiger partial charge < -0.3 is 20.1 Å². The number of pyridine rings is 1. The zero-order valence-corrected chi connectivity index (χ0v) is 10.9. The average molecular weight is 272 g/mol. The van der Waals surface area contributed by atoms with Crippen LogP contribution in [0.4, 0.5) is 0 Å². The molecular formula is C15H16N2O3. The molecule has 0 radical (unpaired) electrons. The summed E-state index contributed by atoms with van der Waals surface area (Å²) in [4.78, 5) is 12.0. The molecule has 0 fully saturated rings. The van der Waals surface area contributed by atoms with Crippen molar-refractivity contribution in [3.05, 3.63) is 76.5 Å². The molecule has 104 valence electrons. The summed E-state index contributed by atoms with van der Waals surface area (Å²) in [6, 6.07) is 11.1. The Labute approximate surface area is 116 Å². The number of nitrogens with one attached hydrogen (secondary N) is 1. The summed E-state index contributed by atoms with van der Waals surface area (Å²) in [6.45, 7) is 3.81. The molecule has 0 spiro atoms. The van der Waals surface area contributed by atoms with Crippen LogP contribution in [0.5, 0.6) is 5.75 Å². The quantitative estimate of drug-likeness (QED) is 0.725. The second-order valence-electron chi connectivity index (χ2n) is 4.41. The predicted octanol–water partition coefficient (Wildman–Crippen LogP) is 1.72. The maximum Gasteiger partial charge on any atom is 0.293 e. The standard InChI is InChI=1S/C15H16N2O3/c1-11(18)16-9-13-7-8-17(15(20)14(13)19)10-12-5-3-2-4-6-12/h2-8,16,18-19H,1,9-10H2. The topological polar surface area (TPSA) is 74.5 Å². The van der Waals surface area contributed by atoms with Gasteiger partial charge >= 0.3 is 0 Å². The SMILES string of the molecule is C=C(O)NCc1ccn(Cc2ccccc2)c(=O)c1O. The van der Waals surface area contributed by atoms with Gasteiger partial charge in [0, 0.05) is 18.3 Å². The van der Waals surface area contributed by atoms with Crippen LogP contribution >= 0.6 is 0 Å². The lowest BCUT2D eigenvalue weighted by atomic mass is 10.2. The van der Waals surface area contributed by atoms with Gasteiger partial charge in [0.05, 0.1) is 6.54 Å². The van der Waals surface area contributed by atoms with E-state index < -0.39 is 5.56 Å². The summed E-state index contributed by atoms with van der Waals surface area (Å²) in [6.07, 6.45) is 1.62. The highest BCUT2D eigenvalue weighted by Crippen LogP contribution is 2.11. The van der Waals surface area contributed by atoms with Crippen molar-refractivity contribution >= 4 is 0 Å². The minimum absolute atomic E-state index is 0.141. The molecule has 5 nitrogen and oxygen atoms in total. The first kappa shape index (κ1) is 13.7. The summed E-state index contributed by atoms with van der Waals surface area (Å²) in [5.41, 5.74) is 0.926. The van der Waals surface area contributed by atoms with Crippen molar-refractivity contribution < 1.29 is 10.2 Å². The number of aliphatic hydroxyl groups excluding tert-OH is 1. The minimum atomic E-state index is -0.461. The normalized spacial score (nSPS) is 10.2. The van der Waals surface area contributed by atoms with Gasteiger partial charge in [-0.05, 0) is 18.2 Å². The largest absolute Gasteiger partial charge is 0.503 e. The van der Waals surface area contributed by atoms with E-state index in [1.165, 1.54) is 4.57 Å². The Bertz CT molecular complexity index is 663. The first-order valence-corrected chi connectivity index (χ1v) is 6.15. The van der Waals surface area contributed by atoms with E-state index in [0.29, 0.717) is 12.1 Å². The fourth-order valence-electron chi connectivity index (χ4n) is 1.84. The molecule has 0 amide bonds. The zero-order valence-electron chi connectivity index (χ0n) is 10.9. The number of benzene rings is 1. The van der Waals surface area contributed by atoms with E-state index in [2.05, 4.69) is 11.9 Å². The van der Waals surface area contributed by atoms with Crippen molar-refractivity contribution in [3.63, 3.8) is 0 Å². The van der Waals surface area contributed by atoms with Gasteiger partial charge in [0.2, 0.25) is 0 Å². The molecular weight excluding hydrogens is 256 g/mol. The van der Waals surface area contributed by atoms with Crippen molar-refractivity contribution in [1.29, 1.82) is 0 Å². The van der Waals surface area contributed by atoms with Gasteiger partial charge in [-0.1, -0.05) is 30.3 Å². The fourth-order valence-corrected chi connectivity index (χ4v) is 1.84. The Hall–Kier alpha value is -2.69. The van der Waals surface area contributed by atoms with Crippen LogP contribution in [0.3, 0.4) is 0 Å². The van der Waals surface area contributed by atoms with E-state index in [-0.39, 0.29) is 18.2 Å². The van der Waals surface area contributed by atoms with Crippen LogP contribution in [0.2, 0.25) is 0 Å². The molecule has 0 unspecified atom stereocenters. The van der Waals surface area contributed by atoms with Gasteiger partial charge in [-0.15, -0.1) is 0 Å². The van der Waals surface area contributed by atoms with Crippen LogP contribution in [0.25, 0.3) is 0 Å². The monoisotopic (exact) mass is 272 g/mol. The maximum atomic E-state index is 12.0. The van der Waals surface area contributed by atoms with E-state index in [0.717, 1.165) is 5.56 Å². The third-order valence-corrected chi connectivity index (χ3v) is 2.90. The molecule has 1 aromatic carbocycles. The lowest BCUT2D eigenvalue weighted by Crippen LogP contribution is -2.22. The molecule has 2 rings (SSSR count). The number of hydrogen-bond acceptors (Lipinski definition) is 4. The number of aromatic nitrogens is 1. The first-order valence-electron chi connectivity index (χ1n) is 6.15. The Morgan fingerprint density at radius 1 is 1.25 bits per heavy atom. The summed E-state index contributed by atoms with van der Waals surface area (Å²) < 4.78 is 1.43. The summed E-state index contributed by atoms with van der Waals surface area (Å²) in [5.74, 6) is -0.532. The number of hydrogen-bond donors (Lipinski definition) is 3. The van der Waals surface area contributed by atoms with Crippen molar-refractivity contribution in [1.82, 2.24) is 9.88 Å². The van der Waals surface area contributed by atoms with E-state index in [4.69, 9.17) is 5.11 Å². The Morgan fingerprint density at radius 2 is 1.95 bits per heavy atom. The lowest BCUT2D eigenvalue weighted by molar-refractivity contribution is 0.363. The number of aromatic hydroxyl groups is 1. The molecule has 0 saturated carbocycles. The highest BCUT2D eigenvalue weighted by Gasteiger charge is 2.09. The van der Waals surface area contributed by atoms with Crippen LogP contribution in [-0.4, -0.2) is 14.8 Å². The highest BCUT2D eigenvalue weighted by molar-refractivity contribution is 5.29. The van der Waals surface area contributed by atoms with E-state index in [9.17, 15) is 9.90 Å². The van der Waals surface area contributed by atoms with Gasteiger partial charge in [0.1, 0.15) is 0 Å². The van der Waals surface area contributed by atoms with Crippen LogP contribution in [0.1, 0.15) is 11.1 Å². The van der Waals surface area contributed by atoms with E-state index >= 15 is 0 Å². The number of nitrogens with zero attached hydrogens (tertiary/aromatic N) is 1. The lowest BCUT2D eigenvalue weighted by Gasteiger charge is -2.10. The minimum Gasteiger partial charge on any atom is -0.503 e. The zero-order chi connectivity index (χ0) is 14.5. The first-order chi connectivity index (χ1) is 9.58. The van der Waals surface area contributed by atoms with Crippen molar-refractivity contribution in [2.24, 2.45) is 0 Å². The molecule has 1 heterocycles. The molecule has 3 N–H and O–H groups in total. The molecule has 0 bridgehead atoms. The van der Waals surface area contributed by atoms with Gasteiger partial charge in [0.15, 0.2) is 11.6 Å². The maximum absolute atomic E-state index is 12.0. The van der Waals surface area contributed by atoms with E-state index in [1.807, 2.05) is 30.3 Å². The van der Waals surface area contributed by atoms with Gasteiger partial charge in [-0.3, -0.25) is 4.79 Å². The van der Waals surface area contributed by atoms with Crippen LogP contribution in [-0.2, 0) is 13.1 Å². The molecule has 20 heavy (non-hydrogen) atoms. The van der Waals surface area contributed by atoms with Gasteiger partial charge in [-0.25, -0.2) is 0 Å². The Kier molecular flexibility index (Phi) is 4.10. The third kappa shape index (κ3) is 3.20. The van der Waals surface area contributed by atoms with Crippen LogP contribution in [0, 0.1) is 0 Å². The molecule has 0 saturated heterocycles. The van der Waals surface area contributed by atoms with Crippen molar-refractivity contribution in [2.45, 2.75) is 13.1 Å². The molecule has 0 aliphatic rings. The highest BCUT2D eigenvalue weighted by atomic mass is 16.3. The smallest absolute Gasteiger partial charge is 0.293 e. The van der Waals surface area contributed by atoms with Crippen molar-refractivity contribution in [3.8, 4) is 5.75 Å². The second kappa shape index (κ2) is 5.97. The van der Waals surface area contributed by atoms with Crippen LogP contribution < -0.4 is 10.9 Å². The Balaban J connectivity index is 2.23. The fraction of sp³-hybridized carbons (Fsp3) is 0.133. The number of rotatable bonds is 5. The van der Waals surface area contributed by atoms with E-state index in [1.54, 1.807) is 12.3 Å². The molecule has 1 aromatic heterocycles. The molecule has 2 aromatic rings. The van der Waals surface area contributed by atoms with Gasteiger partial charge in [0.25, 0.3) is 5.56 Å². The summed E-state index contributed by atoms with van der Waals surface area (Å²) in [5, 5.41) is 21.4. The summed E-state index contributed by atoms with van der Waals surface area (Å²) >= 11 is 0. The average Bonchev–Trinajstić information content (AvgIpc) is 2.44. The number of aliphatic hydroxyl groups is 1. The molecule has 0 atom stereocenters. The molecule has 0 aliphatic heterocycles. The van der Waals surface area contributed by atoms with Gasteiger partial charge in [-0.2, -0.15) is 0 Å². The van der Waals surface area contributed by atoms with Crippen LogP contribution in [0.15, 0.2) is 59.9 Å². The second-order valence-corrected chi connectivity index (χ2v) is 4.41. The Morgan fingerprint density at radius 3 is 2.60 bits per heavy atom. The summed E-state index contributed by atoms with van der Waals surface area (Å²) in [7, 11) is 0. The van der Waals surface area contributed by atoms with Crippen molar-refractivity contribution in [2.75, 3.05) is 0 Å². The third-order valence-electron chi connectivity index (χ3n) is 2.90.